The van der Waals surface area contributed by atoms with E-state index in [1.54, 1.807) is 39.0 Å². The molecule has 16 nitrogen and oxygen atoms in total. The minimum atomic E-state index is -2.78. The SMILES string of the molecule is COc1cc(N2CCN(Cc3ccc4c(c3)CN(N3CCC(=O)NC3=O)C4=O)CC2)c(C)cc1Nc1ncc(Br)c(Nc2ccc3nccnc3c2P(C)(C)=O)n1. The van der Waals surface area contributed by atoms with Crippen molar-refractivity contribution in [3.05, 3.63) is 87.8 Å². The van der Waals surface area contributed by atoms with Crippen LogP contribution in [0.15, 0.2) is 65.5 Å². The minimum Gasteiger partial charge on any atom is -0.494 e. The Labute approximate surface area is 337 Å². The van der Waals surface area contributed by atoms with E-state index in [9.17, 15) is 18.9 Å². The Morgan fingerprint density at radius 1 is 0.912 bits per heavy atom. The molecular weight excluding hydrogens is 813 g/mol. The number of nitrogens with one attached hydrogen (secondary N) is 3. The molecular formula is C39H41BrN11O5P. The van der Waals surface area contributed by atoms with Gasteiger partial charge in [0, 0.05) is 75.1 Å². The quantitative estimate of drug-likeness (QED) is 0.153. The zero-order valence-electron chi connectivity index (χ0n) is 31.9. The van der Waals surface area contributed by atoms with Crippen molar-refractivity contribution >= 4 is 86.1 Å². The summed E-state index contributed by atoms with van der Waals surface area (Å²) in [5.41, 5.74) is 7.26. The van der Waals surface area contributed by atoms with Gasteiger partial charge in [-0.15, -0.1) is 0 Å². The van der Waals surface area contributed by atoms with Crippen molar-refractivity contribution in [1.82, 2.24) is 40.2 Å². The van der Waals surface area contributed by atoms with Gasteiger partial charge in [-0.2, -0.15) is 4.98 Å². The van der Waals surface area contributed by atoms with E-state index in [1.807, 2.05) is 42.5 Å². The van der Waals surface area contributed by atoms with Gasteiger partial charge in [-0.25, -0.2) is 19.8 Å². The highest BCUT2D eigenvalue weighted by Gasteiger charge is 2.37. The van der Waals surface area contributed by atoms with Crippen LogP contribution in [0.25, 0.3) is 11.0 Å². The van der Waals surface area contributed by atoms with Crippen LogP contribution in [0.4, 0.5) is 33.6 Å². The third kappa shape index (κ3) is 7.74. The Balaban J connectivity index is 0.926. The molecule has 0 bridgehead atoms. The fraction of sp³-hybridized carbons (Fsp3) is 0.308. The number of anilines is 5. The molecule has 3 aromatic carbocycles. The lowest BCUT2D eigenvalue weighted by Gasteiger charge is -2.37. The van der Waals surface area contributed by atoms with Gasteiger partial charge in [-0.1, -0.05) is 12.1 Å². The van der Waals surface area contributed by atoms with Crippen LogP contribution in [0.1, 0.15) is 33.5 Å². The number of aromatic nitrogens is 4. The number of nitrogens with zero attached hydrogens (tertiary/aromatic N) is 8. The van der Waals surface area contributed by atoms with Gasteiger partial charge in [0.25, 0.3) is 5.91 Å². The molecule has 3 aliphatic rings. The van der Waals surface area contributed by atoms with E-state index in [1.165, 1.54) is 10.0 Å². The molecule has 57 heavy (non-hydrogen) atoms. The highest BCUT2D eigenvalue weighted by Crippen LogP contribution is 2.42. The van der Waals surface area contributed by atoms with E-state index in [2.05, 4.69) is 63.6 Å². The lowest BCUT2D eigenvalue weighted by molar-refractivity contribution is -0.123. The average Bonchev–Trinajstić information content (AvgIpc) is 3.50. The molecule has 3 N–H and O–H groups in total. The molecule has 0 unspecified atom stereocenters. The van der Waals surface area contributed by atoms with Gasteiger partial charge in [-0.05, 0) is 77.1 Å². The van der Waals surface area contributed by atoms with Gasteiger partial charge >= 0.3 is 6.03 Å². The molecule has 0 saturated carbocycles. The summed E-state index contributed by atoms with van der Waals surface area (Å²) in [6.07, 6.45) is 5.02. The van der Waals surface area contributed by atoms with Crippen LogP contribution in [-0.4, -0.2) is 106 Å². The number of amides is 4. The Bertz CT molecular complexity index is 2490. The predicted octanol–water partition coefficient (Wildman–Crippen LogP) is 5.37. The largest absolute Gasteiger partial charge is 0.494 e. The number of rotatable bonds is 10. The molecule has 0 atom stereocenters. The molecule has 4 amide bonds. The fourth-order valence-corrected chi connectivity index (χ4v) is 9.24. The zero-order chi connectivity index (χ0) is 40.0. The number of methoxy groups -OCH3 is 1. The first kappa shape index (κ1) is 38.2. The molecule has 0 spiro atoms. The number of ether oxygens (including phenoxy) is 1. The number of halogens is 1. The zero-order valence-corrected chi connectivity index (χ0v) is 34.4. The van der Waals surface area contributed by atoms with Crippen LogP contribution in [0.5, 0.6) is 5.75 Å². The molecule has 3 aliphatic heterocycles. The monoisotopic (exact) mass is 853 g/mol. The lowest BCUT2D eigenvalue weighted by Crippen LogP contribution is -2.56. The highest BCUT2D eigenvalue weighted by atomic mass is 79.9. The van der Waals surface area contributed by atoms with E-state index in [-0.39, 0.29) is 24.8 Å². The normalized spacial score (nSPS) is 16.2. The summed E-state index contributed by atoms with van der Waals surface area (Å²) in [4.78, 5) is 60.0. The van der Waals surface area contributed by atoms with Gasteiger partial charge in [0.05, 0.1) is 46.9 Å². The van der Waals surface area contributed by atoms with Crippen molar-refractivity contribution in [3.8, 4) is 5.75 Å². The van der Waals surface area contributed by atoms with Crippen LogP contribution in [0, 0.1) is 6.92 Å². The summed E-state index contributed by atoms with van der Waals surface area (Å²) >= 11 is 3.56. The van der Waals surface area contributed by atoms with Gasteiger partial charge in [-0.3, -0.25) is 29.8 Å². The molecule has 5 aromatic rings. The number of imide groups is 1. The lowest BCUT2D eigenvalue weighted by atomic mass is 10.1. The van der Waals surface area contributed by atoms with Crippen LogP contribution in [0.2, 0.25) is 0 Å². The van der Waals surface area contributed by atoms with E-state index >= 15 is 0 Å². The first-order valence-corrected chi connectivity index (χ1v) is 21.8. The molecule has 0 aliphatic carbocycles. The number of hydrazine groups is 1. The van der Waals surface area contributed by atoms with Crippen molar-refractivity contribution in [2.45, 2.75) is 26.4 Å². The molecule has 2 saturated heterocycles. The van der Waals surface area contributed by atoms with Crippen LogP contribution in [0.3, 0.4) is 0 Å². The third-order valence-corrected chi connectivity index (χ3v) is 12.4. The number of carbonyl (C=O) groups is 3. The molecule has 8 rings (SSSR count). The fourth-order valence-electron chi connectivity index (χ4n) is 7.56. The Kier molecular flexibility index (Phi) is 10.3. The number of aryl methyl sites for hydroxylation is 1. The van der Waals surface area contributed by atoms with Crippen LogP contribution in [-0.2, 0) is 22.4 Å². The van der Waals surface area contributed by atoms with Gasteiger partial charge < -0.3 is 24.8 Å². The third-order valence-electron chi connectivity index (χ3n) is 10.3. The average molecular weight is 855 g/mol. The Morgan fingerprint density at radius 2 is 1.70 bits per heavy atom. The molecule has 2 aromatic heterocycles. The maximum Gasteiger partial charge on any atom is 0.342 e. The van der Waals surface area contributed by atoms with Crippen molar-refractivity contribution in [2.24, 2.45) is 0 Å². The summed E-state index contributed by atoms with van der Waals surface area (Å²) < 4.78 is 19.9. The summed E-state index contributed by atoms with van der Waals surface area (Å²) in [6, 6.07) is 13.0. The van der Waals surface area contributed by atoms with E-state index in [4.69, 9.17) is 9.72 Å². The number of fused-ring (bicyclic) bond motifs is 2. The number of piperazine rings is 1. The van der Waals surface area contributed by atoms with Gasteiger partial charge in [0.2, 0.25) is 11.9 Å². The predicted molar refractivity (Wildman–Crippen MR) is 221 cm³/mol. The summed E-state index contributed by atoms with van der Waals surface area (Å²) in [7, 11) is -1.14. The van der Waals surface area contributed by atoms with Crippen molar-refractivity contribution < 1.29 is 23.7 Å². The summed E-state index contributed by atoms with van der Waals surface area (Å²) in [6.45, 7) is 10.00. The van der Waals surface area contributed by atoms with E-state index in [0.717, 1.165) is 55.1 Å². The molecule has 2 fully saturated rings. The summed E-state index contributed by atoms with van der Waals surface area (Å²) in [5.74, 6) is 0.897. The van der Waals surface area contributed by atoms with Crippen molar-refractivity contribution in [2.75, 3.05) is 68.7 Å². The van der Waals surface area contributed by atoms with Gasteiger partial charge in [0.15, 0.2) is 0 Å². The van der Waals surface area contributed by atoms with Crippen LogP contribution < -0.4 is 30.9 Å². The second-order valence-corrected chi connectivity index (χ2v) is 18.6. The Hall–Kier alpha value is -5.64. The molecule has 294 valence electrons. The topological polar surface area (TPSA) is 178 Å². The first-order valence-electron chi connectivity index (χ1n) is 18.4. The highest BCUT2D eigenvalue weighted by molar-refractivity contribution is 9.10. The maximum atomic E-state index is 13.5. The van der Waals surface area contributed by atoms with Crippen LogP contribution >= 0.6 is 23.1 Å². The standard InChI is InChI=1S/C39H41BrN11O5P/c1-23-17-30(45-38-43-20-27(40)36(47-38)44-29-8-7-28-34(42-11-10-41-28)35(29)57(3,4)55)32(56-2)19-31(23)49-15-13-48(14-16-49)21-24-5-6-26-25(18-24)22-51(37(26)53)50-12-9-33(52)46-39(50)54/h5-8,10-11,17-20H,9,12-16,21-22H2,1-4H3,(H,46,52,54)(H2,43,44,45,47). The molecule has 0 radical (unpaired) electrons. The van der Waals surface area contributed by atoms with E-state index < -0.39 is 13.2 Å². The maximum absolute atomic E-state index is 13.5. The first-order chi connectivity index (χ1) is 27.4. The summed E-state index contributed by atoms with van der Waals surface area (Å²) in [5, 5.41) is 12.3. The smallest absolute Gasteiger partial charge is 0.342 e. The number of carbonyl (C=O) groups excluding carboxylic acids is 3. The minimum absolute atomic E-state index is 0.160. The second-order valence-electron chi connectivity index (χ2n) is 14.6. The van der Waals surface area contributed by atoms with Crippen molar-refractivity contribution in [3.63, 3.8) is 0 Å². The molecule has 18 heteroatoms. The Morgan fingerprint density at radius 3 is 2.46 bits per heavy atom. The van der Waals surface area contributed by atoms with Crippen molar-refractivity contribution in [1.29, 1.82) is 0 Å². The van der Waals surface area contributed by atoms with E-state index in [0.29, 0.717) is 61.8 Å². The number of benzene rings is 3. The number of hydrogen-bond donors (Lipinski definition) is 3. The van der Waals surface area contributed by atoms with Gasteiger partial charge in [0.1, 0.15) is 24.2 Å². The number of urea groups is 1. The number of hydrogen-bond acceptors (Lipinski definition) is 13. The molecule has 5 heterocycles. The second kappa shape index (κ2) is 15.4.